The zero-order valence-corrected chi connectivity index (χ0v) is 19.2. The summed E-state index contributed by atoms with van der Waals surface area (Å²) in [6.07, 6.45) is 3.83. The number of methoxy groups -OCH3 is 2. The van der Waals surface area contributed by atoms with E-state index in [1.54, 1.807) is 20.4 Å². The number of rotatable bonds is 7. The van der Waals surface area contributed by atoms with Crippen LogP contribution in [0.15, 0.2) is 60.8 Å². The fraction of sp³-hybridized carbons (Fsp3) is 0.259. The van der Waals surface area contributed by atoms with E-state index >= 15 is 0 Å². The van der Waals surface area contributed by atoms with Gasteiger partial charge in [0.15, 0.2) is 11.5 Å². The van der Waals surface area contributed by atoms with Gasteiger partial charge in [-0.15, -0.1) is 0 Å². The number of carbonyl (C=O) groups excluding carboxylic acids is 1. The lowest BCUT2D eigenvalue weighted by Crippen LogP contribution is -2.31. The smallest absolute Gasteiger partial charge is 0.252 e. The van der Waals surface area contributed by atoms with E-state index in [2.05, 4.69) is 10.3 Å². The van der Waals surface area contributed by atoms with E-state index in [-0.39, 0.29) is 12.0 Å². The number of hydrogen-bond donors (Lipinski definition) is 1. The molecule has 0 radical (unpaired) electrons. The zero-order valence-electron chi connectivity index (χ0n) is 19.2. The van der Waals surface area contributed by atoms with Gasteiger partial charge in [-0.25, -0.2) is 0 Å². The number of aromatic nitrogens is 1. The standard InChI is InChI=1S/C27H26N2O5/c1-31-25-14-22-23(15-26(25)32-2)28-11-10-24(22)34-18-8-9-20-17(13-18)5-3-7-21(20)27(30)29-16-19-6-4-12-33-19/h3,5,7-11,13-15,19H,4,6,12,16H2,1-2H3,(H,29,30)/t19-/m0/s1. The molecule has 1 fully saturated rings. The quantitative estimate of drug-likeness (QED) is 0.415. The lowest BCUT2D eigenvalue weighted by atomic mass is 10.0. The molecule has 1 aliphatic heterocycles. The van der Waals surface area contributed by atoms with Crippen molar-refractivity contribution >= 4 is 27.6 Å². The summed E-state index contributed by atoms with van der Waals surface area (Å²) in [5.41, 5.74) is 1.37. The SMILES string of the molecule is COc1cc2nccc(Oc3ccc4c(C(=O)NC[C@@H]5CCCO5)cccc4c3)c2cc1OC. The highest BCUT2D eigenvalue weighted by Crippen LogP contribution is 2.37. The molecule has 1 amide bonds. The summed E-state index contributed by atoms with van der Waals surface area (Å²) in [5.74, 6) is 2.42. The first-order valence-electron chi connectivity index (χ1n) is 11.3. The van der Waals surface area contributed by atoms with Crippen molar-refractivity contribution in [1.82, 2.24) is 10.3 Å². The Morgan fingerprint density at radius 1 is 1.03 bits per heavy atom. The number of nitrogens with zero attached hydrogens (tertiary/aromatic N) is 1. The fourth-order valence-electron chi connectivity index (χ4n) is 4.29. The van der Waals surface area contributed by atoms with Gasteiger partial charge >= 0.3 is 0 Å². The van der Waals surface area contributed by atoms with E-state index < -0.39 is 0 Å². The summed E-state index contributed by atoms with van der Waals surface area (Å²) in [5, 5.41) is 5.59. The predicted octanol–water partition coefficient (Wildman–Crippen LogP) is 5.11. The molecule has 0 spiro atoms. The fourth-order valence-corrected chi connectivity index (χ4v) is 4.29. The minimum Gasteiger partial charge on any atom is -0.493 e. The molecule has 5 rings (SSSR count). The monoisotopic (exact) mass is 458 g/mol. The number of pyridine rings is 1. The van der Waals surface area contributed by atoms with Gasteiger partial charge in [-0.05, 0) is 60.0 Å². The minimum absolute atomic E-state index is 0.101. The Balaban J connectivity index is 1.42. The van der Waals surface area contributed by atoms with Crippen LogP contribution in [0.5, 0.6) is 23.0 Å². The number of carbonyl (C=O) groups is 1. The zero-order chi connectivity index (χ0) is 23.5. The normalized spacial score (nSPS) is 15.4. The van der Waals surface area contributed by atoms with E-state index in [4.69, 9.17) is 18.9 Å². The summed E-state index contributed by atoms with van der Waals surface area (Å²) in [4.78, 5) is 17.2. The molecule has 3 aromatic carbocycles. The van der Waals surface area contributed by atoms with Gasteiger partial charge in [0.1, 0.15) is 11.5 Å². The maximum atomic E-state index is 12.8. The average molecular weight is 459 g/mol. The molecular formula is C27H26N2O5. The second-order valence-corrected chi connectivity index (χ2v) is 8.17. The first-order chi connectivity index (χ1) is 16.7. The first kappa shape index (κ1) is 22.0. The van der Waals surface area contributed by atoms with E-state index in [0.29, 0.717) is 35.1 Å². The molecule has 1 aliphatic rings. The molecular weight excluding hydrogens is 432 g/mol. The van der Waals surface area contributed by atoms with Gasteiger partial charge in [-0.1, -0.05) is 12.1 Å². The van der Waals surface area contributed by atoms with E-state index in [1.807, 2.05) is 54.6 Å². The second kappa shape index (κ2) is 9.57. The summed E-state index contributed by atoms with van der Waals surface area (Å²) < 4.78 is 22.7. The van der Waals surface area contributed by atoms with Crippen molar-refractivity contribution in [2.45, 2.75) is 18.9 Å². The molecule has 1 saturated heterocycles. The van der Waals surface area contributed by atoms with Crippen molar-refractivity contribution in [3.8, 4) is 23.0 Å². The molecule has 34 heavy (non-hydrogen) atoms. The van der Waals surface area contributed by atoms with Gasteiger partial charge in [0.2, 0.25) is 0 Å². The van der Waals surface area contributed by atoms with Crippen molar-refractivity contribution in [2.24, 2.45) is 0 Å². The van der Waals surface area contributed by atoms with Gasteiger partial charge in [0.25, 0.3) is 5.91 Å². The first-order valence-corrected chi connectivity index (χ1v) is 11.3. The molecule has 0 unspecified atom stereocenters. The van der Waals surface area contributed by atoms with Crippen LogP contribution >= 0.6 is 0 Å². The Labute approximate surface area is 197 Å². The number of fused-ring (bicyclic) bond motifs is 2. The molecule has 1 N–H and O–H groups in total. The molecule has 174 valence electrons. The van der Waals surface area contributed by atoms with Crippen molar-refractivity contribution in [1.29, 1.82) is 0 Å². The molecule has 7 heteroatoms. The Morgan fingerprint density at radius 2 is 1.88 bits per heavy atom. The number of hydrogen-bond acceptors (Lipinski definition) is 6. The summed E-state index contributed by atoms with van der Waals surface area (Å²) in [6, 6.07) is 16.9. The van der Waals surface area contributed by atoms with Crippen LogP contribution in [0.25, 0.3) is 21.7 Å². The maximum Gasteiger partial charge on any atom is 0.252 e. The molecule has 0 bridgehead atoms. The van der Waals surface area contributed by atoms with Crippen molar-refractivity contribution in [3.63, 3.8) is 0 Å². The molecule has 7 nitrogen and oxygen atoms in total. The Morgan fingerprint density at radius 3 is 2.68 bits per heavy atom. The highest BCUT2D eigenvalue weighted by molar-refractivity contribution is 6.07. The van der Waals surface area contributed by atoms with Gasteiger partial charge in [-0.2, -0.15) is 0 Å². The third-order valence-corrected chi connectivity index (χ3v) is 6.05. The highest BCUT2D eigenvalue weighted by Gasteiger charge is 2.18. The molecule has 1 aromatic heterocycles. The highest BCUT2D eigenvalue weighted by atomic mass is 16.5. The van der Waals surface area contributed by atoms with Crippen molar-refractivity contribution in [3.05, 3.63) is 66.4 Å². The summed E-state index contributed by atoms with van der Waals surface area (Å²) in [7, 11) is 3.19. The molecule has 4 aromatic rings. The van der Waals surface area contributed by atoms with E-state index in [0.717, 1.165) is 41.1 Å². The molecule has 0 saturated carbocycles. The third-order valence-electron chi connectivity index (χ3n) is 6.05. The lowest BCUT2D eigenvalue weighted by molar-refractivity contribution is 0.0859. The van der Waals surface area contributed by atoms with Gasteiger partial charge < -0.3 is 24.3 Å². The second-order valence-electron chi connectivity index (χ2n) is 8.17. The van der Waals surface area contributed by atoms with E-state index in [9.17, 15) is 4.79 Å². The van der Waals surface area contributed by atoms with Crippen molar-refractivity contribution in [2.75, 3.05) is 27.4 Å². The minimum atomic E-state index is -0.101. The Bertz CT molecular complexity index is 1350. The van der Waals surface area contributed by atoms with Crippen LogP contribution < -0.4 is 19.5 Å². The summed E-state index contributed by atoms with van der Waals surface area (Å²) in [6.45, 7) is 1.30. The van der Waals surface area contributed by atoms with Gasteiger partial charge in [0, 0.05) is 36.4 Å². The maximum absolute atomic E-state index is 12.8. The number of ether oxygens (including phenoxy) is 4. The summed E-state index contributed by atoms with van der Waals surface area (Å²) >= 11 is 0. The third kappa shape index (κ3) is 4.34. The average Bonchev–Trinajstić information content (AvgIpc) is 3.40. The Kier molecular flexibility index (Phi) is 6.18. The van der Waals surface area contributed by atoms with Crippen LogP contribution in [0.2, 0.25) is 0 Å². The van der Waals surface area contributed by atoms with Crippen LogP contribution in [-0.4, -0.2) is 44.4 Å². The number of benzene rings is 3. The van der Waals surface area contributed by atoms with Crippen LogP contribution in [0.3, 0.4) is 0 Å². The van der Waals surface area contributed by atoms with Crippen LogP contribution in [-0.2, 0) is 4.74 Å². The Hall–Kier alpha value is -3.84. The molecule has 1 atom stereocenters. The lowest BCUT2D eigenvalue weighted by Gasteiger charge is -2.14. The van der Waals surface area contributed by atoms with Crippen LogP contribution in [0.4, 0.5) is 0 Å². The molecule has 0 aliphatic carbocycles. The number of amides is 1. The van der Waals surface area contributed by atoms with Gasteiger partial charge in [0.05, 0.1) is 25.8 Å². The topological polar surface area (TPSA) is 78.9 Å². The van der Waals surface area contributed by atoms with E-state index in [1.165, 1.54) is 0 Å². The largest absolute Gasteiger partial charge is 0.493 e. The van der Waals surface area contributed by atoms with Crippen LogP contribution in [0.1, 0.15) is 23.2 Å². The number of nitrogens with one attached hydrogen (secondary N) is 1. The van der Waals surface area contributed by atoms with Gasteiger partial charge in [-0.3, -0.25) is 9.78 Å². The van der Waals surface area contributed by atoms with Crippen molar-refractivity contribution < 1.29 is 23.7 Å². The van der Waals surface area contributed by atoms with Crippen LogP contribution in [0, 0.1) is 0 Å². The molecule has 2 heterocycles. The predicted molar refractivity (Wildman–Crippen MR) is 130 cm³/mol.